The monoisotopic (exact) mass is 281 g/mol. The largest absolute Gasteiger partial charge is 0.334 e. The summed E-state index contributed by atoms with van der Waals surface area (Å²) in [5, 5.41) is 8.82. The van der Waals surface area contributed by atoms with Gasteiger partial charge in [-0.2, -0.15) is 10.2 Å². The SMILES string of the molecule is CCn1ncc(Cl)c1CN(C)C(=O)c1ccn(C)n1. The maximum absolute atomic E-state index is 12.2. The summed E-state index contributed by atoms with van der Waals surface area (Å²) in [7, 11) is 3.50. The van der Waals surface area contributed by atoms with Crippen molar-refractivity contribution in [2.24, 2.45) is 7.05 Å². The second kappa shape index (κ2) is 5.44. The van der Waals surface area contributed by atoms with Crippen LogP contribution in [0, 0.1) is 0 Å². The van der Waals surface area contributed by atoms with E-state index < -0.39 is 0 Å². The fourth-order valence-electron chi connectivity index (χ4n) is 1.84. The number of amides is 1. The molecule has 7 heteroatoms. The van der Waals surface area contributed by atoms with Gasteiger partial charge in [-0.15, -0.1) is 0 Å². The lowest BCUT2D eigenvalue weighted by Crippen LogP contribution is -2.28. The van der Waals surface area contributed by atoms with Crippen molar-refractivity contribution in [1.82, 2.24) is 24.5 Å². The van der Waals surface area contributed by atoms with Crippen molar-refractivity contribution in [3.8, 4) is 0 Å². The molecule has 6 nitrogen and oxygen atoms in total. The summed E-state index contributed by atoms with van der Waals surface area (Å²) in [6, 6.07) is 1.69. The minimum Gasteiger partial charge on any atom is -0.334 e. The van der Waals surface area contributed by atoms with E-state index in [0.29, 0.717) is 23.8 Å². The Labute approximate surface area is 116 Å². The lowest BCUT2D eigenvalue weighted by molar-refractivity contribution is 0.0775. The minimum atomic E-state index is -0.138. The van der Waals surface area contributed by atoms with E-state index in [9.17, 15) is 4.79 Å². The molecule has 0 bridgehead atoms. The number of carbonyl (C=O) groups excluding carboxylic acids is 1. The van der Waals surface area contributed by atoms with E-state index in [1.165, 1.54) is 0 Å². The summed E-state index contributed by atoms with van der Waals surface area (Å²) in [4.78, 5) is 13.8. The van der Waals surface area contributed by atoms with E-state index in [1.807, 2.05) is 6.92 Å². The normalized spacial score (nSPS) is 10.7. The highest BCUT2D eigenvalue weighted by Crippen LogP contribution is 2.17. The van der Waals surface area contributed by atoms with Crippen molar-refractivity contribution in [2.75, 3.05) is 7.05 Å². The molecule has 0 aliphatic rings. The number of carbonyl (C=O) groups is 1. The lowest BCUT2D eigenvalue weighted by Gasteiger charge is -2.16. The molecular weight excluding hydrogens is 266 g/mol. The first-order valence-electron chi connectivity index (χ1n) is 5.98. The number of hydrogen-bond acceptors (Lipinski definition) is 3. The van der Waals surface area contributed by atoms with Gasteiger partial charge in [-0.3, -0.25) is 14.2 Å². The smallest absolute Gasteiger partial charge is 0.274 e. The van der Waals surface area contributed by atoms with Crippen molar-refractivity contribution in [3.63, 3.8) is 0 Å². The van der Waals surface area contributed by atoms with Gasteiger partial charge in [0.25, 0.3) is 5.91 Å². The molecule has 2 aromatic heterocycles. The van der Waals surface area contributed by atoms with Crippen LogP contribution in [-0.2, 0) is 20.1 Å². The second-order valence-electron chi connectivity index (χ2n) is 4.29. The highest BCUT2D eigenvalue weighted by molar-refractivity contribution is 6.31. The molecule has 102 valence electrons. The molecule has 0 spiro atoms. The molecule has 0 atom stereocenters. The molecule has 0 radical (unpaired) electrons. The summed E-state index contributed by atoms with van der Waals surface area (Å²) in [5.74, 6) is -0.138. The quantitative estimate of drug-likeness (QED) is 0.855. The zero-order valence-electron chi connectivity index (χ0n) is 11.2. The van der Waals surface area contributed by atoms with Crippen LogP contribution in [0.2, 0.25) is 5.02 Å². The van der Waals surface area contributed by atoms with Crippen molar-refractivity contribution < 1.29 is 4.79 Å². The van der Waals surface area contributed by atoms with Crippen LogP contribution in [0.4, 0.5) is 0 Å². The van der Waals surface area contributed by atoms with E-state index in [-0.39, 0.29) is 5.91 Å². The van der Waals surface area contributed by atoms with Gasteiger partial charge in [0.05, 0.1) is 23.5 Å². The van der Waals surface area contributed by atoms with Crippen LogP contribution in [0.3, 0.4) is 0 Å². The summed E-state index contributed by atoms with van der Waals surface area (Å²) < 4.78 is 3.38. The van der Waals surface area contributed by atoms with Gasteiger partial charge in [-0.25, -0.2) is 0 Å². The third kappa shape index (κ3) is 2.78. The number of aromatic nitrogens is 4. The first kappa shape index (κ1) is 13.6. The number of nitrogens with zero attached hydrogens (tertiary/aromatic N) is 5. The van der Waals surface area contributed by atoms with Gasteiger partial charge in [0.15, 0.2) is 0 Å². The predicted octanol–water partition coefficient (Wildman–Crippen LogP) is 1.56. The fraction of sp³-hybridized carbons (Fsp3) is 0.417. The Morgan fingerprint density at radius 3 is 2.84 bits per heavy atom. The molecule has 0 unspecified atom stereocenters. The molecule has 0 saturated heterocycles. The van der Waals surface area contributed by atoms with Crippen LogP contribution in [0.15, 0.2) is 18.5 Å². The standard InChI is InChI=1S/C12H16ClN5O/c1-4-18-11(9(13)7-14-18)8-16(2)12(19)10-5-6-17(3)15-10/h5-7H,4,8H2,1-3H3. The van der Waals surface area contributed by atoms with Crippen LogP contribution >= 0.6 is 11.6 Å². The van der Waals surface area contributed by atoms with Gasteiger partial charge < -0.3 is 4.90 Å². The Bertz CT molecular complexity index is 589. The van der Waals surface area contributed by atoms with Gasteiger partial charge in [0, 0.05) is 26.8 Å². The van der Waals surface area contributed by atoms with Crippen LogP contribution in [0.25, 0.3) is 0 Å². The first-order chi connectivity index (χ1) is 9.02. The molecule has 0 saturated carbocycles. The van der Waals surface area contributed by atoms with Crippen LogP contribution in [0.1, 0.15) is 23.1 Å². The minimum absolute atomic E-state index is 0.138. The molecule has 19 heavy (non-hydrogen) atoms. The average molecular weight is 282 g/mol. The van der Waals surface area contributed by atoms with Crippen LogP contribution < -0.4 is 0 Å². The molecule has 2 heterocycles. The molecule has 2 rings (SSSR count). The van der Waals surface area contributed by atoms with Crippen molar-refractivity contribution >= 4 is 17.5 Å². The molecule has 0 N–H and O–H groups in total. The third-order valence-electron chi connectivity index (χ3n) is 2.86. The summed E-state index contributed by atoms with van der Waals surface area (Å²) in [6.07, 6.45) is 3.34. The van der Waals surface area contributed by atoms with Crippen LogP contribution in [0.5, 0.6) is 0 Å². The molecular formula is C12H16ClN5O. The molecule has 0 aromatic carbocycles. The fourth-order valence-corrected chi connectivity index (χ4v) is 2.04. The Morgan fingerprint density at radius 1 is 1.53 bits per heavy atom. The zero-order valence-corrected chi connectivity index (χ0v) is 11.9. The Morgan fingerprint density at radius 2 is 2.26 bits per heavy atom. The number of aryl methyl sites for hydroxylation is 2. The van der Waals surface area contributed by atoms with Gasteiger partial charge in [-0.05, 0) is 13.0 Å². The summed E-state index contributed by atoms with van der Waals surface area (Å²) in [6.45, 7) is 3.10. The van der Waals surface area contributed by atoms with Gasteiger partial charge >= 0.3 is 0 Å². The molecule has 0 fully saturated rings. The molecule has 0 aliphatic carbocycles. The Hall–Kier alpha value is -1.82. The number of rotatable bonds is 4. The first-order valence-corrected chi connectivity index (χ1v) is 6.36. The van der Waals surface area contributed by atoms with E-state index in [2.05, 4.69) is 10.2 Å². The van der Waals surface area contributed by atoms with E-state index in [4.69, 9.17) is 11.6 Å². The molecule has 2 aromatic rings. The second-order valence-corrected chi connectivity index (χ2v) is 4.70. The van der Waals surface area contributed by atoms with Gasteiger partial charge in [0.1, 0.15) is 5.69 Å². The van der Waals surface area contributed by atoms with Crippen molar-refractivity contribution in [2.45, 2.75) is 20.0 Å². The highest BCUT2D eigenvalue weighted by atomic mass is 35.5. The summed E-state index contributed by atoms with van der Waals surface area (Å²) >= 11 is 6.08. The van der Waals surface area contributed by atoms with Crippen molar-refractivity contribution in [1.29, 1.82) is 0 Å². The van der Waals surface area contributed by atoms with Gasteiger partial charge in [-0.1, -0.05) is 11.6 Å². The average Bonchev–Trinajstić information content (AvgIpc) is 2.96. The lowest BCUT2D eigenvalue weighted by atomic mass is 10.3. The van der Waals surface area contributed by atoms with Gasteiger partial charge in [0.2, 0.25) is 0 Å². The van der Waals surface area contributed by atoms with E-state index in [1.54, 1.807) is 46.8 Å². The van der Waals surface area contributed by atoms with E-state index >= 15 is 0 Å². The van der Waals surface area contributed by atoms with Crippen LogP contribution in [-0.4, -0.2) is 37.4 Å². The van der Waals surface area contributed by atoms with Crippen molar-refractivity contribution in [3.05, 3.63) is 34.9 Å². The third-order valence-corrected chi connectivity index (χ3v) is 3.18. The summed E-state index contributed by atoms with van der Waals surface area (Å²) in [5.41, 5.74) is 1.25. The predicted molar refractivity (Wildman–Crippen MR) is 71.9 cm³/mol. The Kier molecular flexibility index (Phi) is 3.90. The molecule has 0 aliphatic heterocycles. The number of halogens is 1. The van der Waals surface area contributed by atoms with E-state index in [0.717, 1.165) is 5.69 Å². The zero-order chi connectivity index (χ0) is 14.0. The maximum Gasteiger partial charge on any atom is 0.274 e. The molecule has 1 amide bonds. The topological polar surface area (TPSA) is 56.0 Å². The Balaban J connectivity index is 2.14. The highest BCUT2D eigenvalue weighted by Gasteiger charge is 2.18. The maximum atomic E-state index is 12.2. The number of hydrogen-bond donors (Lipinski definition) is 0.